The van der Waals surface area contributed by atoms with Crippen LogP contribution >= 0.6 is 0 Å². The lowest BCUT2D eigenvalue weighted by Gasteiger charge is -2.39. The van der Waals surface area contributed by atoms with Crippen LogP contribution in [0.1, 0.15) is 25.3 Å². The fourth-order valence-electron chi connectivity index (χ4n) is 4.61. The number of carbonyl (C=O) groups excluding carboxylic acids is 2. The summed E-state index contributed by atoms with van der Waals surface area (Å²) in [5.74, 6) is 1.17. The molecule has 0 radical (unpaired) electrons. The van der Waals surface area contributed by atoms with Gasteiger partial charge >= 0.3 is 0 Å². The zero-order valence-electron chi connectivity index (χ0n) is 19.4. The highest BCUT2D eigenvalue weighted by Crippen LogP contribution is 2.29. The molecule has 0 saturated carbocycles. The van der Waals surface area contributed by atoms with Crippen molar-refractivity contribution in [3.63, 3.8) is 0 Å². The van der Waals surface area contributed by atoms with Crippen molar-refractivity contribution in [2.75, 3.05) is 50.8 Å². The van der Waals surface area contributed by atoms with Gasteiger partial charge in [-0.25, -0.2) is 0 Å². The Morgan fingerprint density at radius 2 is 1.55 bits per heavy atom. The molecule has 0 aliphatic carbocycles. The van der Waals surface area contributed by atoms with E-state index >= 15 is 0 Å². The third-order valence-corrected chi connectivity index (χ3v) is 6.47. The predicted octanol–water partition coefficient (Wildman–Crippen LogP) is 3.69. The summed E-state index contributed by atoms with van der Waals surface area (Å²) in [6, 6.07) is 17.9. The summed E-state index contributed by atoms with van der Waals surface area (Å²) in [6.07, 6.45) is 4.95. The number of benzene rings is 2. The van der Waals surface area contributed by atoms with Crippen molar-refractivity contribution in [2.45, 2.75) is 19.8 Å². The summed E-state index contributed by atoms with van der Waals surface area (Å²) in [7, 11) is 0. The number of hydrogen-bond donors (Lipinski definition) is 0. The van der Waals surface area contributed by atoms with Gasteiger partial charge in [0, 0.05) is 51.3 Å². The van der Waals surface area contributed by atoms with Gasteiger partial charge in [-0.3, -0.25) is 9.59 Å². The zero-order valence-corrected chi connectivity index (χ0v) is 19.4. The second kappa shape index (κ2) is 11.0. The van der Waals surface area contributed by atoms with E-state index in [0.717, 1.165) is 56.0 Å². The molecular formula is C27H33N3O3. The Labute approximate surface area is 196 Å². The molecule has 2 aromatic carbocycles. The van der Waals surface area contributed by atoms with Crippen LogP contribution in [0.2, 0.25) is 0 Å². The van der Waals surface area contributed by atoms with Gasteiger partial charge in [0.25, 0.3) is 0 Å². The number of para-hydroxylation sites is 2. The number of amides is 2. The summed E-state index contributed by atoms with van der Waals surface area (Å²) in [5, 5.41) is 0. The van der Waals surface area contributed by atoms with Gasteiger partial charge in [0.1, 0.15) is 5.75 Å². The summed E-state index contributed by atoms with van der Waals surface area (Å²) in [5.41, 5.74) is 2.11. The summed E-state index contributed by atoms with van der Waals surface area (Å²) < 4.78 is 5.77. The number of carbonyl (C=O) groups is 2. The molecule has 0 aromatic heterocycles. The molecule has 6 heteroatoms. The molecule has 6 nitrogen and oxygen atoms in total. The maximum absolute atomic E-state index is 13.1. The van der Waals surface area contributed by atoms with Gasteiger partial charge in [-0.2, -0.15) is 0 Å². The van der Waals surface area contributed by atoms with Crippen molar-refractivity contribution in [3.05, 3.63) is 66.2 Å². The molecule has 2 saturated heterocycles. The quantitative estimate of drug-likeness (QED) is 0.634. The molecule has 0 spiro atoms. The SMILES string of the molecule is CCOc1ccccc1N1CCN(C(=O)C2CCN(C(=O)/C=C/c3ccccc3)CC2)CC1. The van der Waals surface area contributed by atoms with Crippen molar-refractivity contribution in [1.29, 1.82) is 0 Å². The molecule has 0 bridgehead atoms. The number of nitrogens with zero attached hydrogens (tertiary/aromatic N) is 3. The van der Waals surface area contributed by atoms with Gasteiger partial charge in [-0.05, 0) is 43.5 Å². The van der Waals surface area contributed by atoms with Crippen LogP contribution in [0.25, 0.3) is 6.08 Å². The van der Waals surface area contributed by atoms with Crippen LogP contribution < -0.4 is 9.64 Å². The van der Waals surface area contributed by atoms with E-state index in [2.05, 4.69) is 11.0 Å². The van der Waals surface area contributed by atoms with Gasteiger partial charge in [-0.1, -0.05) is 42.5 Å². The predicted molar refractivity (Wildman–Crippen MR) is 131 cm³/mol. The van der Waals surface area contributed by atoms with Gasteiger partial charge in [-0.15, -0.1) is 0 Å². The molecule has 2 heterocycles. The van der Waals surface area contributed by atoms with Crippen LogP contribution in [0.3, 0.4) is 0 Å². The summed E-state index contributed by atoms with van der Waals surface area (Å²) in [4.78, 5) is 31.8. The van der Waals surface area contributed by atoms with Crippen LogP contribution in [0.5, 0.6) is 5.75 Å². The highest BCUT2D eigenvalue weighted by molar-refractivity contribution is 5.92. The van der Waals surface area contributed by atoms with Crippen LogP contribution in [-0.2, 0) is 9.59 Å². The second-order valence-electron chi connectivity index (χ2n) is 8.56. The first-order valence-electron chi connectivity index (χ1n) is 11.9. The standard InChI is InChI=1S/C27H33N3O3/c1-2-33-25-11-7-6-10-24(25)28-18-20-30(21-19-28)27(32)23-14-16-29(17-15-23)26(31)13-12-22-8-4-3-5-9-22/h3-13,23H,2,14-21H2,1H3/b13-12+. The first-order chi connectivity index (χ1) is 16.2. The lowest BCUT2D eigenvalue weighted by molar-refractivity contribution is -0.139. The average Bonchev–Trinajstić information content (AvgIpc) is 2.88. The van der Waals surface area contributed by atoms with Crippen molar-refractivity contribution in [2.24, 2.45) is 5.92 Å². The van der Waals surface area contributed by atoms with E-state index in [0.29, 0.717) is 19.7 Å². The summed E-state index contributed by atoms with van der Waals surface area (Å²) in [6.45, 7) is 6.95. The molecule has 0 N–H and O–H groups in total. The van der Waals surface area contributed by atoms with Crippen LogP contribution in [0.4, 0.5) is 5.69 Å². The maximum Gasteiger partial charge on any atom is 0.246 e. The Hall–Kier alpha value is -3.28. The molecule has 0 atom stereocenters. The molecule has 2 aliphatic heterocycles. The van der Waals surface area contributed by atoms with Crippen LogP contribution in [0.15, 0.2) is 60.7 Å². The Kier molecular flexibility index (Phi) is 7.66. The monoisotopic (exact) mass is 447 g/mol. The molecular weight excluding hydrogens is 414 g/mol. The normalized spacial score (nSPS) is 17.4. The van der Waals surface area contributed by atoms with Gasteiger partial charge in [0.2, 0.25) is 11.8 Å². The molecule has 0 unspecified atom stereocenters. The third-order valence-electron chi connectivity index (χ3n) is 6.47. The van der Waals surface area contributed by atoms with Gasteiger partial charge in [0.05, 0.1) is 12.3 Å². The van der Waals surface area contributed by atoms with Crippen molar-refractivity contribution >= 4 is 23.6 Å². The minimum atomic E-state index is 0.00872. The zero-order chi connectivity index (χ0) is 23.0. The van der Waals surface area contributed by atoms with Crippen LogP contribution in [0, 0.1) is 5.92 Å². The molecule has 4 rings (SSSR count). The first-order valence-corrected chi connectivity index (χ1v) is 11.9. The smallest absolute Gasteiger partial charge is 0.246 e. The number of likely N-dealkylation sites (tertiary alicyclic amines) is 1. The molecule has 2 aliphatic rings. The van der Waals surface area contributed by atoms with E-state index in [1.54, 1.807) is 6.08 Å². The largest absolute Gasteiger partial charge is 0.492 e. The number of ether oxygens (including phenoxy) is 1. The van der Waals surface area contributed by atoms with E-state index in [1.807, 2.05) is 71.3 Å². The Bertz CT molecular complexity index is 960. The van der Waals surface area contributed by atoms with E-state index in [9.17, 15) is 9.59 Å². The van der Waals surface area contributed by atoms with Crippen molar-refractivity contribution in [1.82, 2.24) is 9.80 Å². The highest BCUT2D eigenvalue weighted by Gasteiger charge is 2.31. The van der Waals surface area contributed by atoms with Crippen molar-refractivity contribution < 1.29 is 14.3 Å². The summed E-state index contributed by atoms with van der Waals surface area (Å²) >= 11 is 0. The topological polar surface area (TPSA) is 53.1 Å². The molecule has 2 fully saturated rings. The van der Waals surface area contributed by atoms with E-state index < -0.39 is 0 Å². The van der Waals surface area contributed by atoms with Crippen molar-refractivity contribution in [3.8, 4) is 5.75 Å². The van der Waals surface area contributed by atoms with E-state index in [1.165, 1.54) is 0 Å². The Morgan fingerprint density at radius 3 is 2.24 bits per heavy atom. The minimum Gasteiger partial charge on any atom is -0.492 e. The number of piperazine rings is 1. The Morgan fingerprint density at radius 1 is 0.879 bits per heavy atom. The van der Waals surface area contributed by atoms with E-state index in [4.69, 9.17) is 4.74 Å². The highest BCUT2D eigenvalue weighted by atomic mass is 16.5. The van der Waals surface area contributed by atoms with E-state index in [-0.39, 0.29) is 17.7 Å². The minimum absolute atomic E-state index is 0.00872. The first kappa shape index (κ1) is 22.9. The molecule has 2 aromatic rings. The molecule has 174 valence electrons. The van der Waals surface area contributed by atoms with Gasteiger partial charge in [0.15, 0.2) is 0 Å². The third kappa shape index (κ3) is 5.75. The number of piperidine rings is 1. The Balaban J connectivity index is 1.25. The van der Waals surface area contributed by atoms with Crippen LogP contribution in [-0.4, -0.2) is 67.5 Å². The second-order valence-corrected chi connectivity index (χ2v) is 8.56. The molecule has 33 heavy (non-hydrogen) atoms. The fourth-order valence-corrected chi connectivity index (χ4v) is 4.61. The van der Waals surface area contributed by atoms with Gasteiger partial charge < -0.3 is 19.4 Å². The molecule has 2 amide bonds. The number of hydrogen-bond acceptors (Lipinski definition) is 4. The number of anilines is 1. The fraction of sp³-hybridized carbons (Fsp3) is 0.407. The lowest BCUT2D eigenvalue weighted by atomic mass is 9.94. The maximum atomic E-state index is 13.1. The average molecular weight is 448 g/mol. The lowest BCUT2D eigenvalue weighted by Crippen LogP contribution is -2.52. The number of rotatable bonds is 6.